The highest BCUT2D eigenvalue weighted by Crippen LogP contribution is 2.22. The second kappa shape index (κ2) is 12.8. The van der Waals surface area contributed by atoms with E-state index >= 15 is 0 Å². The van der Waals surface area contributed by atoms with Gasteiger partial charge in [0.2, 0.25) is 21.8 Å². The molecular weight excluding hydrogens is 498 g/mol. The Kier molecular flexibility index (Phi) is 9.31. The Bertz CT molecular complexity index is 1310. The first-order valence-electron chi connectivity index (χ1n) is 13.1. The molecule has 1 aliphatic carbocycles. The van der Waals surface area contributed by atoms with E-state index in [2.05, 4.69) is 10.0 Å². The van der Waals surface area contributed by atoms with E-state index in [-0.39, 0.29) is 29.2 Å². The van der Waals surface area contributed by atoms with E-state index in [1.54, 1.807) is 36.1 Å². The lowest BCUT2D eigenvalue weighted by Gasteiger charge is -2.29. The number of nitrogens with one attached hydrogen (secondary N) is 2. The van der Waals surface area contributed by atoms with Gasteiger partial charge in [0.1, 0.15) is 6.04 Å². The molecule has 2 N–H and O–H groups in total. The summed E-state index contributed by atoms with van der Waals surface area (Å²) in [6.07, 6.45) is 3.13. The van der Waals surface area contributed by atoms with Crippen molar-refractivity contribution in [3.63, 3.8) is 0 Å². The predicted molar refractivity (Wildman–Crippen MR) is 148 cm³/mol. The molecule has 3 aromatic carbocycles. The zero-order valence-corrected chi connectivity index (χ0v) is 22.5. The van der Waals surface area contributed by atoms with Gasteiger partial charge in [-0.2, -0.15) is 0 Å². The molecule has 4 rings (SSSR count). The number of aryl methyl sites for hydroxylation is 1. The van der Waals surface area contributed by atoms with Gasteiger partial charge in [-0.05, 0) is 61.4 Å². The summed E-state index contributed by atoms with van der Waals surface area (Å²) in [5.74, 6) is -0.324. The minimum absolute atomic E-state index is 0.0467. The Labute approximate surface area is 225 Å². The molecule has 1 fully saturated rings. The van der Waals surface area contributed by atoms with Crippen molar-refractivity contribution in [3.8, 4) is 0 Å². The second-order valence-electron chi connectivity index (χ2n) is 9.75. The predicted octanol–water partition coefficient (Wildman–Crippen LogP) is 3.84. The largest absolute Gasteiger partial charge is 0.354 e. The SMILES string of the molecule is C[C@H](C(=O)NCCc1ccccc1)N(Cc1ccccc1)C(=O)CCc1ccc(S(=O)(=O)NC2CC2)cc1. The standard InChI is InChI=1S/C30H35N3O4S/c1-23(30(35)31-21-20-24-8-4-2-5-9-24)33(22-26-10-6-3-7-11-26)29(34)19-14-25-12-17-28(18-13-25)38(36,37)32-27-15-16-27/h2-13,17-18,23,27,32H,14-16,19-22H2,1H3,(H,31,35)/t23-/m1/s1. The van der Waals surface area contributed by atoms with Gasteiger partial charge in [0, 0.05) is 25.6 Å². The van der Waals surface area contributed by atoms with Crippen molar-refractivity contribution in [2.75, 3.05) is 6.54 Å². The summed E-state index contributed by atoms with van der Waals surface area (Å²) >= 11 is 0. The van der Waals surface area contributed by atoms with Gasteiger partial charge in [-0.25, -0.2) is 13.1 Å². The third-order valence-electron chi connectivity index (χ3n) is 6.68. The number of hydrogen-bond donors (Lipinski definition) is 2. The van der Waals surface area contributed by atoms with Crippen LogP contribution in [0.3, 0.4) is 0 Å². The van der Waals surface area contributed by atoms with Crippen LogP contribution in [0.1, 0.15) is 42.9 Å². The van der Waals surface area contributed by atoms with Gasteiger partial charge >= 0.3 is 0 Å². The molecule has 0 saturated heterocycles. The Morgan fingerprint density at radius 1 is 0.842 bits per heavy atom. The van der Waals surface area contributed by atoms with Crippen molar-refractivity contribution in [3.05, 3.63) is 102 Å². The van der Waals surface area contributed by atoms with Crippen LogP contribution in [0.4, 0.5) is 0 Å². The zero-order chi connectivity index (χ0) is 27.0. The number of carbonyl (C=O) groups excluding carboxylic acids is 2. The van der Waals surface area contributed by atoms with Crippen LogP contribution in [-0.4, -0.2) is 43.8 Å². The molecule has 8 heteroatoms. The van der Waals surface area contributed by atoms with Crippen molar-refractivity contribution >= 4 is 21.8 Å². The molecule has 0 aromatic heterocycles. The fourth-order valence-corrected chi connectivity index (χ4v) is 5.51. The molecule has 0 spiro atoms. The maximum atomic E-state index is 13.4. The number of carbonyl (C=O) groups is 2. The van der Waals surface area contributed by atoms with E-state index in [4.69, 9.17) is 0 Å². The summed E-state index contributed by atoms with van der Waals surface area (Å²) in [5.41, 5.74) is 2.95. The molecule has 200 valence electrons. The van der Waals surface area contributed by atoms with Crippen LogP contribution in [0.5, 0.6) is 0 Å². The molecule has 2 amide bonds. The van der Waals surface area contributed by atoms with Crippen LogP contribution >= 0.6 is 0 Å². The molecule has 0 bridgehead atoms. The van der Waals surface area contributed by atoms with Crippen LogP contribution < -0.4 is 10.0 Å². The third kappa shape index (κ3) is 8.00. The van der Waals surface area contributed by atoms with Crippen LogP contribution in [0.2, 0.25) is 0 Å². The summed E-state index contributed by atoms with van der Waals surface area (Å²) in [4.78, 5) is 28.2. The van der Waals surface area contributed by atoms with Gasteiger partial charge < -0.3 is 10.2 Å². The number of benzene rings is 3. The van der Waals surface area contributed by atoms with E-state index in [0.717, 1.165) is 29.5 Å². The van der Waals surface area contributed by atoms with E-state index in [1.165, 1.54) is 0 Å². The topological polar surface area (TPSA) is 95.6 Å². The first-order valence-corrected chi connectivity index (χ1v) is 14.6. The van der Waals surface area contributed by atoms with Crippen LogP contribution in [0, 0.1) is 0 Å². The molecule has 1 saturated carbocycles. The Morgan fingerprint density at radius 3 is 2.03 bits per heavy atom. The third-order valence-corrected chi connectivity index (χ3v) is 8.22. The molecule has 0 radical (unpaired) electrons. The van der Waals surface area contributed by atoms with Gasteiger partial charge in [-0.3, -0.25) is 9.59 Å². The number of amides is 2. The zero-order valence-electron chi connectivity index (χ0n) is 21.7. The van der Waals surface area contributed by atoms with Crippen LogP contribution in [0.15, 0.2) is 89.8 Å². The second-order valence-corrected chi connectivity index (χ2v) is 11.5. The maximum Gasteiger partial charge on any atom is 0.242 e. The van der Waals surface area contributed by atoms with Crippen LogP contribution in [-0.2, 0) is 39.0 Å². The number of rotatable bonds is 13. The van der Waals surface area contributed by atoms with E-state index in [9.17, 15) is 18.0 Å². The quantitative estimate of drug-likeness (QED) is 0.349. The molecule has 1 aliphatic rings. The minimum atomic E-state index is -3.51. The average molecular weight is 534 g/mol. The fraction of sp³-hybridized carbons (Fsp3) is 0.333. The number of nitrogens with zero attached hydrogens (tertiary/aromatic N) is 1. The van der Waals surface area contributed by atoms with Gasteiger partial charge in [0.15, 0.2) is 0 Å². The minimum Gasteiger partial charge on any atom is -0.354 e. The van der Waals surface area contributed by atoms with E-state index in [1.807, 2.05) is 60.7 Å². The van der Waals surface area contributed by atoms with Gasteiger partial charge in [0.25, 0.3) is 0 Å². The summed E-state index contributed by atoms with van der Waals surface area (Å²) in [6, 6.07) is 25.6. The van der Waals surface area contributed by atoms with Gasteiger partial charge in [-0.15, -0.1) is 0 Å². The highest BCUT2D eigenvalue weighted by Gasteiger charge is 2.28. The Balaban J connectivity index is 1.37. The van der Waals surface area contributed by atoms with Crippen LogP contribution in [0.25, 0.3) is 0 Å². The highest BCUT2D eigenvalue weighted by molar-refractivity contribution is 7.89. The summed E-state index contributed by atoms with van der Waals surface area (Å²) in [6.45, 7) is 2.58. The van der Waals surface area contributed by atoms with Crippen molar-refractivity contribution in [2.45, 2.75) is 62.6 Å². The maximum absolute atomic E-state index is 13.4. The van der Waals surface area contributed by atoms with Crippen molar-refractivity contribution in [1.82, 2.24) is 14.9 Å². The molecule has 0 aliphatic heterocycles. The molecular formula is C30H35N3O4S. The molecule has 38 heavy (non-hydrogen) atoms. The summed E-state index contributed by atoms with van der Waals surface area (Å²) in [7, 11) is -3.51. The number of sulfonamides is 1. The van der Waals surface area contributed by atoms with Crippen molar-refractivity contribution in [1.29, 1.82) is 0 Å². The van der Waals surface area contributed by atoms with Gasteiger partial charge in [-0.1, -0.05) is 72.8 Å². The Morgan fingerprint density at radius 2 is 1.42 bits per heavy atom. The lowest BCUT2D eigenvalue weighted by Crippen LogP contribution is -2.48. The van der Waals surface area contributed by atoms with E-state index in [0.29, 0.717) is 25.9 Å². The normalized spacial score (nSPS) is 14.0. The highest BCUT2D eigenvalue weighted by atomic mass is 32.2. The monoisotopic (exact) mass is 533 g/mol. The number of hydrogen-bond acceptors (Lipinski definition) is 4. The molecule has 7 nitrogen and oxygen atoms in total. The lowest BCUT2D eigenvalue weighted by atomic mass is 10.1. The summed E-state index contributed by atoms with van der Waals surface area (Å²) < 4.78 is 27.5. The molecule has 3 aromatic rings. The van der Waals surface area contributed by atoms with Crippen molar-refractivity contribution in [2.24, 2.45) is 0 Å². The van der Waals surface area contributed by atoms with Crippen molar-refractivity contribution < 1.29 is 18.0 Å². The smallest absolute Gasteiger partial charge is 0.242 e. The van der Waals surface area contributed by atoms with Gasteiger partial charge in [0.05, 0.1) is 4.90 Å². The fourth-order valence-electron chi connectivity index (χ4n) is 4.20. The first-order chi connectivity index (χ1) is 18.3. The molecule has 0 heterocycles. The Hall–Kier alpha value is -3.49. The lowest BCUT2D eigenvalue weighted by molar-refractivity contribution is -0.140. The first kappa shape index (κ1) is 27.5. The molecule has 1 atom stereocenters. The average Bonchev–Trinajstić information content (AvgIpc) is 3.74. The van der Waals surface area contributed by atoms with E-state index < -0.39 is 16.1 Å². The molecule has 0 unspecified atom stereocenters. The summed E-state index contributed by atoms with van der Waals surface area (Å²) in [5, 5.41) is 2.97.